The van der Waals surface area contributed by atoms with Gasteiger partial charge in [-0.1, -0.05) is 0 Å². The van der Waals surface area contributed by atoms with Crippen LogP contribution < -0.4 is 5.56 Å². The number of ether oxygens (including phenoxy) is 1. The normalized spacial score (nSPS) is 10.8. The predicted molar refractivity (Wildman–Crippen MR) is 70.7 cm³/mol. The second-order valence-electron chi connectivity index (χ2n) is 3.47. The largest absolute Gasteiger partial charge is 0.462 e. The molecule has 0 aliphatic rings. The van der Waals surface area contributed by atoms with Crippen molar-refractivity contribution in [3.05, 3.63) is 32.0 Å². The summed E-state index contributed by atoms with van der Waals surface area (Å²) in [6.07, 6.45) is 1.69. The molecular formula is C11H10BrNO3S. The van der Waals surface area contributed by atoms with Gasteiger partial charge in [-0.3, -0.25) is 4.79 Å². The van der Waals surface area contributed by atoms with Gasteiger partial charge in [0.2, 0.25) is 0 Å². The molecule has 0 amide bonds. The number of nitrogens with zero attached hydrogens (tertiary/aromatic N) is 1. The Morgan fingerprint density at radius 3 is 2.94 bits per heavy atom. The van der Waals surface area contributed by atoms with Gasteiger partial charge in [0, 0.05) is 23.1 Å². The molecule has 0 fully saturated rings. The average Bonchev–Trinajstić information content (AvgIpc) is 2.72. The zero-order valence-corrected chi connectivity index (χ0v) is 11.7. The molecule has 0 saturated carbocycles. The lowest BCUT2D eigenvalue weighted by atomic mass is 10.3. The number of fused-ring (bicyclic) bond motifs is 1. The summed E-state index contributed by atoms with van der Waals surface area (Å²) in [5, 5.41) is 0.751. The number of pyridine rings is 1. The highest BCUT2D eigenvalue weighted by Gasteiger charge is 2.15. The van der Waals surface area contributed by atoms with Crippen molar-refractivity contribution in [3.8, 4) is 0 Å². The van der Waals surface area contributed by atoms with Crippen LogP contribution in [0.4, 0.5) is 0 Å². The quantitative estimate of drug-likeness (QED) is 0.800. The lowest BCUT2D eigenvalue weighted by Crippen LogP contribution is -2.14. The van der Waals surface area contributed by atoms with Crippen LogP contribution in [0.25, 0.3) is 10.1 Å². The van der Waals surface area contributed by atoms with E-state index in [-0.39, 0.29) is 11.5 Å². The first kappa shape index (κ1) is 12.3. The summed E-state index contributed by atoms with van der Waals surface area (Å²) < 4.78 is 7.75. The molecule has 0 aromatic carbocycles. The fourth-order valence-corrected chi connectivity index (χ4v) is 3.29. The number of esters is 1. The predicted octanol–water partition coefficient (Wildman–Crippen LogP) is 2.54. The van der Waals surface area contributed by atoms with E-state index in [1.165, 1.54) is 4.57 Å². The fraction of sp³-hybridized carbons (Fsp3) is 0.273. The Bertz CT molecular complexity index is 644. The summed E-state index contributed by atoms with van der Waals surface area (Å²) in [5.41, 5.74) is -0.108. The summed E-state index contributed by atoms with van der Waals surface area (Å²) in [6.45, 7) is 2.08. The molecule has 0 aliphatic carbocycles. The highest BCUT2D eigenvalue weighted by molar-refractivity contribution is 9.10. The molecule has 0 bridgehead atoms. The summed E-state index contributed by atoms with van der Waals surface area (Å²) >= 11 is 4.54. The summed E-state index contributed by atoms with van der Waals surface area (Å²) in [7, 11) is 1.68. The lowest BCUT2D eigenvalue weighted by Gasteiger charge is -1.98. The van der Waals surface area contributed by atoms with Gasteiger partial charge in [0.05, 0.1) is 6.61 Å². The molecule has 2 heterocycles. The molecule has 0 atom stereocenters. The van der Waals surface area contributed by atoms with E-state index < -0.39 is 0 Å². The molecule has 2 rings (SSSR count). The Hall–Kier alpha value is -1.14. The van der Waals surface area contributed by atoms with Crippen LogP contribution in [0.2, 0.25) is 0 Å². The van der Waals surface area contributed by atoms with Crippen LogP contribution in [-0.4, -0.2) is 17.1 Å². The molecule has 0 unspecified atom stereocenters. The summed E-state index contributed by atoms with van der Waals surface area (Å²) in [5.74, 6) is -0.386. The Balaban J connectivity index is 2.65. The Labute approximate surface area is 110 Å². The Kier molecular flexibility index (Phi) is 3.35. The highest BCUT2D eigenvalue weighted by Crippen LogP contribution is 2.29. The first-order chi connectivity index (χ1) is 8.04. The van der Waals surface area contributed by atoms with Crippen LogP contribution in [-0.2, 0) is 11.8 Å². The SMILES string of the molecule is CCOC(=O)c1cc2c(Br)cn(C)c(=O)c2s1. The van der Waals surface area contributed by atoms with Crippen molar-refractivity contribution in [2.75, 3.05) is 6.61 Å². The van der Waals surface area contributed by atoms with Crippen LogP contribution >= 0.6 is 27.3 Å². The molecule has 0 spiro atoms. The van der Waals surface area contributed by atoms with Gasteiger partial charge in [-0.2, -0.15) is 0 Å². The summed E-state index contributed by atoms with van der Waals surface area (Å²) in [6, 6.07) is 1.68. The molecular weight excluding hydrogens is 306 g/mol. The molecule has 0 radical (unpaired) electrons. The smallest absolute Gasteiger partial charge is 0.348 e. The van der Waals surface area contributed by atoms with Gasteiger partial charge < -0.3 is 9.30 Å². The number of rotatable bonds is 2. The van der Waals surface area contributed by atoms with Crippen molar-refractivity contribution in [1.29, 1.82) is 0 Å². The number of thiophene rings is 1. The van der Waals surface area contributed by atoms with Crippen molar-refractivity contribution < 1.29 is 9.53 Å². The van der Waals surface area contributed by atoms with Crippen molar-refractivity contribution in [2.24, 2.45) is 7.05 Å². The number of hydrogen-bond donors (Lipinski definition) is 0. The highest BCUT2D eigenvalue weighted by atomic mass is 79.9. The van der Waals surface area contributed by atoms with Crippen LogP contribution in [0, 0.1) is 0 Å². The number of aromatic nitrogens is 1. The van der Waals surface area contributed by atoms with Crippen LogP contribution in [0.3, 0.4) is 0 Å². The van der Waals surface area contributed by atoms with E-state index in [4.69, 9.17) is 4.74 Å². The van der Waals surface area contributed by atoms with Crippen molar-refractivity contribution in [3.63, 3.8) is 0 Å². The van der Waals surface area contributed by atoms with E-state index in [1.54, 1.807) is 26.2 Å². The molecule has 17 heavy (non-hydrogen) atoms. The Morgan fingerprint density at radius 2 is 2.29 bits per heavy atom. The van der Waals surface area contributed by atoms with E-state index in [0.29, 0.717) is 16.2 Å². The minimum absolute atomic E-state index is 0.108. The zero-order valence-electron chi connectivity index (χ0n) is 9.32. The minimum atomic E-state index is -0.386. The lowest BCUT2D eigenvalue weighted by molar-refractivity contribution is 0.0532. The maximum Gasteiger partial charge on any atom is 0.348 e. The number of halogens is 1. The molecule has 0 N–H and O–H groups in total. The number of carbonyl (C=O) groups excluding carboxylic acids is 1. The topological polar surface area (TPSA) is 48.3 Å². The molecule has 0 aliphatic heterocycles. The second-order valence-corrected chi connectivity index (χ2v) is 5.37. The third-order valence-corrected chi connectivity index (χ3v) is 4.02. The molecule has 2 aromatic rings. The maximum atomic E-state index is 11.9. The van der Waals surface area contributed by atoms with E-state index in [0.717, 1.165) is 21.2 Å². The zero-order chi connectivity index (χ0) is 12.6. The van der Waals surface area contributed by atoms with Gasteiger partial charge in [0.25, 0.3) is 5.56 Å². The summed E-state index contributed by atoms with van der Waals surface area (Å²) in [4.78, 5) is 23.9. The van der Waals surface area contributed by atoms with Crippen molar-refractivity contribution in [1.82, 2.24) is 4.57 Å². The standard InChI is InChI=1S/C11H10BrNO3S/c1-3-16-11(15)8-4-6-7(12)5-13(2)10(14)9(6)17-8/h4-5H,3H2,1-2H3. The van der Waals surface area contributed by atoms with Crippen molar-refractivity contribution >= 4 is 43.3 Å². The van der Waals surface area contributed by atoms with Gasteiger partial charge in [0.1, 0.15) is 9.58 Å². The maximum absolute atomic E-state index is 11.9. The third-order valence-electron chi connectivity index (χ3n) is 2.29. The fourth-order valence-electron chi connectivity index (χ4n) is 1.49. The van der Waals surface area contributed by atoms with Gasteiger partial charge in [-0.05, 0) is 28.9 Å². The monoisotopic (exact) mass is 315 g/mol. The van der Waals surface area contributed by atoms with Gasteiger partial charge in [-0.15, -0.1) is 11.3 Å². The molecule has 2 aromatic heterocycles. The third kappa shape index (κ3) is 2.14. The van der Waals surface area contributed by atoms with E-state index >= 15 is 0 Å². The molecule has 6 heteroatoms. The Morgan fingerprint density at radius 1 is 1.59 bits per heavy atom. The van der Waals surface area contributed by atoms with Gasteiger partial charge in [0.15, 0.2) is 0 Å². The van der Waals surface area contributed by atoms with Crippen molar-refractivity contribution in [2.45, 2.75) is 6.92 Å². The molecule has 90 valence electrons. The van der Waals surface area contributed by atoms with Crippen LogP contribution in [0.15, 0.2) is 21.5 Å². The van der Waals surface area contributed by atoms with E-state index in [1.807, 2.05) is 0 Å². The van der Waals surface area contributed by atoms with Gasteiger partial charge in [-0.25, -0.2) is 4.79 Å². The minimum Gasteiger partial charge on any atom is -0.462 e. The molecule has 0 saturated heterocycles. The van der Waals surface area contributed by atoms with E-state index in [2.05, 4.69) is 15.9 Å². The number of aryl methyl sites for hydroxylation is 1. The van der Waals surface area contributed by atoms with Crippen LogP contribution in [0.5, 0.6) is 0 Å². The first-order valence-corrected chi connectivity index (χ1v) is 6.61. The number of carbonyl (C=O) groups is 1. The van der Waals surface area contributed by atoms with E-state index in [9.17, 15) is 9.59 Å². The molecule has 4 nitrogen and oxygen atoms in total. The second kappa shape index (κ2) is 4.62. The van der Waals surface area contributed by atoms with Gasteiger partial charge >= 0.3 is 5.97 Å². The average molecular weight is 316 g/mol. The van der Waals surface area contributed by atoms with Crippen LogP contribution in [0.1, 0.15) is 16.6 Å². The number of hydrogen-bond acceptors (Lipinski definition) is 4. The first-order valence-electron chi connectivity index (χ1n) is 5.00.